The Hall–Kier alpha value is -2.38. The van der Waals surface area contributed by atoms with Crippen molar-refractivity contribution in [1.29, 1.82) is 0 Å². The summed E-state index contributed by atoms with van der Waals surface area (Å²) >= 11 is 3.45. The highest BCUT2D eigenvalue weighted by Gasteiger charge is 2.18. The molecule has 140 valence electrons. The Bertz CT molecular complexity index is 962. The maximum absolute atomic E-state index is 12.6. The Morgan fingerprint density at radius 2 is 2.04 bits per heavy atom. The highest BCUT2D eigenvalue weighted by molar-refractivity contribution is 9.10. The van der Waals surface area contributed by atoms with Gasteiger partial charge in [0.05, 0.1) is 0 Å². The van der Waals surface area contributed by atoms with Gasteiger partial charge in [-0.3, -0.25) is 4.79 Å². The Labute approximate surface area is 166 Å². The zero-order chi connectivity index (χ0) is 18.8. The van der Waals surface area contributed by atoms with Gasteiger partial charge in [0.15, 0.2) is 0 Å². The third-order valence-corrected chi connectivity index (χ3v) is 5.43. The number of pyridine rings is 1. The molecule has 0 saturated carbocycles. The molecule has 1 saturated heterocycles. The second kappa shape index (κ2) is 7.70. The van der Waals surface area contributed by atoms with Crippen LogP contribution in [0.1, 0.15) is 16.1 Å². The van der Waals surface area contributed by atoms with Crippen molar-refractivity contribution in [2.24, 2.45) is 0 Å². The zero-order valence-electron chi connectivity index (χ0n) is 15.2. The average molecular weight is 428 g/mol. The number of benzene rings is 1. The molecule has 0 aliphatic carbocycles. The van der Waals surface area contributed by atoms with Crippen LogP contribution in [-0.2, 0) is 6.54 Å². The first-order chi connectivity index (χ1) is 13.1. The number of aromatic amines is 1. The van der Waals surface area contributed by atoms with E-state index in [-0.39, 0.29) is 5.91 Å². The van der Waals surface area contributed by atoms with E-state index in [2.05, 4.69) is 48.1 Å². The van der Waals surface area contributed by atoms with Crippen molar-refractivity contribution in [2.75, 3.05) is 38.1 Å². The number of likely N-dealkylation sites (N-methyl/N-ethyl adjacent to an activating group) is 1. The van der Waals surface area contributed by atoms with E-state index < -0.39 is 0 Å². The predicted octanol–water partition coefficient (Wildman–Crippen LogP) is 3.01. The number of nitrogens with one attached hydrogen (secondary N) is 2. The molecule has 1 amide bonds. The minimum Gasteiger partial charge on any atom is -0.354 e. The minimum atomic E-state index is -0.115. The summed E-state index contributed by atoms with van der Waals surface area (Å²) in [4.78, 5) is 25.0. The van der Waals surface area contributed by atoms with Crippen LogP contribution in [0.25, 0.3) is 10.9 Å². The molecule has 0 radical (unpaired) electrons. The molecule has 0 spiro atoms. The summed E-state index contributed by atoms with van der Waals surface area (Å²) in [5.41, 5.74) is 2.54. The van der Waals surface area contributed by atoms with E-state index in [1.165, 1.54) is 0 Å². The van der Waals surface area contributed by atoms with Gasteiger partial charge in [0.1, 0.15) is 11.5 Å². The van der Waals surface area contributed by atoms with Crippen LogP contribution in [0.2, 0.25) is 0 Å². The SMILES string of the molecule is CN1CCN(c2ncccc2CNC(=O)c2cc3ccc(Br)cc3[nH]2)CC1. The molecule has 0 bridgehead atoms. The number of fused-ring (bicyclic) bond motifs is 1. The van der Waals surface area contributed by atoms with E-state index in [1.54, 1.807) is 0 Å². The molecule has 1 fully saturated rings. The van der Waals surface area contributed by atoms with Crippen molar-refractivity contribution >= 4 is 38.6 Å². The van der Waals surface area contributed by atoms with Crippen LogP contribution in [0, 0.1) is 0 Å². The monoisotopic (exact) mass is 427 g/mol. The van der Waals surface area contributed by atoms with Crippen molar-refractivity contribution in [1.82, 2.24) is 20.2 Å². The number of nitrogens with zero attached hydrogens (tertiary/aromatic N) is 3. The normalized spacial score (nSPS) is 15.3. The number of aromatic nitrogens is 2. The molecule has 1 aromatic carbocycles. The summed E-state index contributed by atoms with van der Waals surface area (Å²) in [5, 5.41) is 4.04. The Morgan fingerprint density at radius 3 is 2.85 bits per heavy atom. The van der Waals surface area contributed by atoms with Crippen LogP contribution in [0.15, 0.2) is 47.1 Å². The number of carbonyl (C=O) groups excluding carboxylic acids is 1. The number of H-pyrrole nitrogens is 1. The molecule has 3 aromatic rings. The lowest BCUT2D eigenvalue weighted by Gasteiger charge is -2.34. The summed E-state index contributed by atoms with van der Waals surface area (Å²) in [6.45, 7) is 4.39. The number of carbonyl (C=O) groups is 1. The molecule has 1 aliphatic heterocycles. The maximum atomic E-state index is 12.6. The fourth-order valence-electron chi connectivity index (χ4n) is 3.36. The lowest BCUT2D eigenvalue weighted by molar-refractivity contribution is 0.0947. The molecule has 1 aliphatic rings. The van der Waals surface area contributed by atoms with Gasteiger partial charge < -0.3 is 20.1 Å². The average Bonchev–Trinajstić information content (AvgIpc) is 3.10. The molecule has 6 nitrogen and oxygen atoms in total. The van der Waals surface area contributed by atoms with Crippen molar-refractivity contribution in [3.05, 3.63) is 58.3 Å². The second-order valence-corrected chi connectivity index (χ2v) is 7.79. The molecular weight excluding hydrogens is 406 g/mol. The van der Waals surface area contributed by atoms with Crippen molar-refractivity contribution < 1.29 is 4.79 Å². The molecular formula is C20H22BrN5O. The van der Waals surface area contributed by atoms with Gasteiger partial charge in [0.25, 0.3) is 5.91 Å². The number of halogens is 1. The maximum Gasteiger partial charge on any atom is 0.267 e. The number of amides is 1. The van der Waals surface area contributed by atoms with Gasteiger partial charge in [0, 0.05) is 59.9 Å². The van der Waals surface area contributed by atoms with Crippen LogP contribution in [-0.4, -0.2) is 54.0 Å². The van der Waals surface area contributed by atoms with Crippen LogP contribution >= 0.6 is 15.9 Å². The first-order valence-electron chi connectivity index (χ1n) is 9.04. The summed E-state index contributed by atoms with van der Waals surface area (Å²) < 4.78 is 0.982. The van der Waals surface area contributed by atoms with Crippen molar-refractivity contribution in [3.8, 4) is 0 Å². The quantitative estimate of drug-likeness (QED) is 0.671. The van der Waals surface area contributed by atoms with Gasteiger partial charge in [-0.15, -0.1) is 0 Å². The van der Waals surface area contributed by atoms with Crippen molar-refractivity contribution in [2.45, 2.75) is 6.54 Å². The number of hydrogen-bond donors (Lipinski definition) is 2. The third-order valence-electron chi connectivity index (χ3n) is 4.94. The summed E-state index contributed by atoms with van der Waals surface area (Å²) in [5.74, 6) is 0.849. The Balaban J connectivity index is 1.47. The highest BCUT2D eigenvalue weighted by Crippen LogP contribution is 2.21. The standard InChI is InChI=1S/C20H22BrN5O/c1-25-7-9-26(10-8-25)19-15(3-2-6-22-19)13-23-20(27)18-11-14-4-5-16(21)12-17(14)24-18/h2-6,11-12,24H,7-10,13H2,1H3,(H,23,27). The number of anilines is 1. The lowest BCUT2D eigenvalue weighted by Crippen LogP contribution is -2.45. The molecule has 0 atom stereocenters. The Morgan fingerprint density at radius 1 is 1.22 bits per heavy atom. The van der Waals surface area contributed by atoms with Gasteiger partial charge in [0.2, 0.25) is 0 Å². The fraction of sp³-hybridized carbons (Fsp3) is 0.300. The van der Waals surface area contributed by atoms with Gasteiger partial charge in [-0.05, 0) is 31.3 Å². The van der Waals surface area contributed by atoms with Crippen molar-refractivity contribution in [3.63, 3.8) is 0 Å². The van der Waals surface area contributed by atoms with E-state index >= 15 is 0 Å². The molecule has 4 rings (SSSR count). The van der Waals surface area contributed by atoms with E-state index in [4.69, 9.17) is 0 Å². The van der Waals surface area contributed by atoms with Gasteiger partial charge in [-0.1, -0.05) is 28.1 Å². The molecule has 0 unspecified atom stereocenters. The number of piperazine rings is 1. The molecule has 3 heterocycles. The van der Waals surface area contributed by atoms with Gasteiger partial charge in [-0.2, -0.15) is 0 Å². The van der Waals surface area contributed by atoms with E-state index in [9.17, 15) is 4.79 Å². The predicted molar refractivity (Wildman–Crippen MR) is 111 cm³/mol. The summed E-state index contributed by atoms with van der Waals surface area (Å²) in [6.07, 6.45) is 1.81. The first kappa shape index (κ1) is 18.0. The van der Waals surface area contributed by atoms with E-state index in [0.29, 0.717) is 12.2 Å². The molecule has 7 heteroatoms. The molecule has 2 N–H and O–H groups in total. The van der Waals surface area contributed by atoms with Crippen LogP contribution in [0.3, 0.4) is 0 Å². The van der Waals surface area contributed by atoms with Gasteiger partial charge in [-0.25, -0.2) is 4.98 Å². The van der Waals surface area contributed by atoms with Crippen LogP contribution < -0.4 is 10.2 Å². The lowest BCUT2D eigenvalue weighted by atomic mass is 10.2. The topological polar surface area (TPSA) is 64.3 Å². The molecule has 2 aromatic heterocycles. The minimum absolute atomic E-state index is 0.115. The summed E-state index contributed by atoms with van der Waals surface area (Å²) in [6, 6.07) is 11.8. The van der Waals surface area contributed by atoms with E-state index in [0.717, 1.165) is 52.9 Å². The zero-order valence-corrected chi connectivity index (χ0v) is 16.8. The fourth-order valence-corrected chi connectivity index (χ4v) is 3.72. The number of hydrogen-bond acceptors (Lipinski definition) is 4. The highest BCUT2D eigenvalue weighted by atomic mass is 79.9. The summed E-state index contributed by atoms with van der Waals surface area (Å²) in [7, 11) is 2.13. The smallest absolute Gasteiger partial charge is 0.267 e. The number of rotatable bonds is 4. The second-order valence-electron chi connectivity index (χ2n) is 6.87. The Kier molecular flexibility index (Phi) is 5.13. The van der Waals surface area contributed by atoms with Gasteiger partial charge >= 0.3 is 0 Å². The third kappa shape index (κ3) is 3.99. The van der Waals surface area contributed by atoms with E-state index in [1.807, 2.05) is 42.6 Å². The van der Waals surface area contributed by atoms with Crippen LogP contribution in [0.4, 0.5) is 5.82 Å². The molecule has 27 heavy (non-hydrogen) atoms. The first-order valence-corrected chi connectivity index (χ1v) is 9.83. The van der Waals surface area contributed by atoms with Crippen LogP contribution in [0.5, 0.6) is 0 Å². The largest absolute Gasteiger partial charge is 0.354 e.